The van der Waals surface area contributed by atoms with Gasteiger partial charge in [0, 0.05) is 7.11 Å². The van der Waals surface area contributed by atoms with E-state index in [-0.39, 0.29) is 6.61 Å². The number of unbranched alkanes of at least 4 members (excludes halogenated alkanes) is 1. The predicted molar refractivity (Wildman–Crippen MR) is 47.0 cm³/mol. The Morgan fingerprint density at radius 1 is 1.58 bits per heavy atom. The Balaban J connectivity index is 4.04. The Labute approximate surface area is 73.7 Å². The quantitative estimate of drug-likeness (QED) is 0.586. The molecule has 3 nitrogen and oxygen atoms in total. The van der Waals surface area contributed by atoms with Gasteiger partial charge in [-0.3, -0.25) is 0 Å². The highest BCUT2D eigenvalue weighted by Crippen LogP contribution is 2.21. The van der Waals surface area contributed by atoms with Gasteiger partial charge in [0.2, 0.25) is 0 Å². The van der Waals surface area contributed by atoms with Crippen LogP contribution in [-0.4, -0.2) is 31.7 Å². The fourth-order valence-corrected chi connectivity index (χ4v) is 1.14. The highest BCUT2D eigenvalue weighted by Gasteiger charge is 2.28. The number of carbonyl (C=O) groups is 1. The lowest BCUT2D eigenvalue weighted by atomic mass is 9.86. The zero-order chi connectivity index (χ0) is 9.45. The Morgan fingerprint density at radius 2 is 2.25 bits per heavy atom. The number of methoxy groups -OCH3 is 1. The molecular weight excluding hydrogens is 156 g/mol. The van der Waals surface area contributed by atoms with E-state index in [9.17, 15) is 4.79 Å². The topological polar surface area (TPSA) is 46.5 Å². The van der Waals surface area contributed by atoms with Crippen molar-refractivity contribution in [3.8, 4) is 0 Å². The van der Waals surface area contributed by atoms with E-state index in [1.165, 1.54) is 0 Å². The summed E-state index contributed by atoms with van der Waals surface area (Å²) in [5, 5.41) is 9.02. The molecule has 0 bridgehead atoms. The summed E-state index contributed by atoms with van der Waals surface area (Å²) in [6.07, 6.45) is 3.49. The molecule has 0 radical (unpaired) electrons. The molecule has 12 heavy (non-hydrogen) atoms. The molecule has 0 fully saturated rings. The average molecular weight is 174 g/mol. The maximum Gasteiger partial charge on any atom is 0.130 e. The van der Waals surface area contributed by atoms with E-state index in [1.807, 2.05) is 0 Å². The molecule has 0 aromatic rings. The molecule has 0 aliphatic rings. The minimum Gasteiger partial charge on any atom is -0.395 e. The minimum absolute atomic E-state index is 0.121. The maximum absolute atomic E-state index is 10.7. The fraction of sp³-hybridized carbons (Fsp3) is 0.889. The molecule has 0 aromatic carbocycles. The van der Waals surface area contributed by atoms with Gasteiger partial charge in [-0.1, -0.05) is 19.8 Å². The van der Waals surface area contributed by atoms with E-state index in [0.717, 1.165) is 19.1 Å². The molecular formula is C9H18O3. The third kappa shape index (κ3) is 3.32. The van der Waals surface area contributed by atoms with E-state index in [2.05, 4.69) is 6.92 Å². The molecule has 1 N–H and O–H groups in total. The first-order valence-electron chi connectivity index (χ1n) is 4.31. The van der Waals surface area contributed by atoms with Gasteiger partial charge in [-0.25, -0.2) is 0 Å². The molecule has 0 saturated carbocycles. The van der Waals surface area contributed by atoms with Crippen LogP contribution in [0.1, 0.15) is 26.2 Å². The molecule has 0 spiro atoms. The zero-order valence-corrected chi connectivity index (χ0v) is 7.88. The molecule has 0 amide bonds. The van der Waals surface area contributed by atoms with Gasteiger partial charge in [0.25, 0.3) is 0 Å². The maximum atomic E-state index is 10.7. The van der Waals surface area contributed by atoms with Crippen molar-refractivity contribution in [2.75, 3.05) is 20.3 Å². The van der Waals surface area contributed by atoms with Gasteiger partial charge in [-0.05, 0) is 6.42 Å². The molecule has 1 atom stereocenters. The second-order valence-corrected chi connectivity index (χ2v) is 3.17. The molecule has 0 saturated heterocycles. The van der Waals surface area contributed by atoms with Crippen molar-refractivity contribution < 1.29 is 14.6 Å². The number of aldehydes is 1. The van der Waals surface area contributed by atoms with Crippen molar-refractivity contribution >= 4 is 6.29 Å². The van der Waals surface area contributed by atoms with Gasteiger partial charge in [-0.2, -0.15) is 0 Å². The highest BCUT2D eigenvalue weighted by atomic mass is 16.5. The lowest BCUT2D eigenvalue weighted by Gasteiger charge is -2.24. The van der Waals surface area contributed by atoms with Crippen LogP contribution >= 0.6 is 0 Å². The van der Waals surface area contributed by atoms with Crippen molar-refractivity contribution in [1.82, 2.24) is 0 Å². The van der Waals surface area contributed by atoms with Crippen molar-refractivity contribution in [2.24, 2.45) is 5.41 Å². The predicted octanol–water partition coefficient (Wildman–Crippen LogP) is 1.00. The van der Waals surface area contributed by atoms with Gasteiger partial charge < -0.3 is 14.6 Å². The van der Waals surface area contributed by atoms with E-state index < -0.39 is 5.41 Å². The van der Waals surface area contributed by atoms with E-state index in [4.69, 9.17) is 9.84 Å². The third-order valence-electron chi connectivity index (χ3n) is 2.02. The van der Waals surface area contributed by atoms with Gasteiger partial charge in [0.1, 0.15) is 6.29 Å². The Kier molecular flexibility index (Phi) is 5.93. The van der Waals surface area contributed by atoms with Crippen LogP contribution in [0.4, 0.5) is 0 Å². The second kappa shape index (κ2) is 6.14. The lowest BCUT2D eigenvalue weighted by Crippen LogP contribution is -2.32. The molecule has 72 valence electrons. The first-order chi connectivity index (χ1) is 5.74. The van der Waals surface area contributed by atoms with Gasteiger partial charge in [-0.15, -0.1) is 0 Å². The molecule has 3 heteroatoms. The average Bonchev–Trinajstić information content (AvgIpc) is 2.13. The fourth-order valence-electron chi connectivity index (χ4n) is 1.14. The Bertz CT molecular complexity index is 125. The van der Waals surface area contributed by atoms with Gasteiger partial charge >= 0.3 is 0 Å². The number of aliphatic hydroxyl groups is 1. The summed E-state index contributed by atoms with van der Waals surface area (Å²) >= 11 is 0. The summed E-state index contributed by atoms with van der Waals surface area (Å²) in [7, 11) is 1.54. The van der Waals surface area contributed by atoms with E-state index >= 15 is 0 Å². The number of carbonyl (C=O) groups excluding carboxylic acids is 1. The van der Waals surface area contributed by atoms with Crippen LogP contribution in [0.15, 0.2) is 0 Å². The van der Waals surface area contributed by atoms with Crippen LogP contribution in [0.5, 0.6) is 0 Å². The molecule has 0 aliphatic carbocycles. The summed E-state index contributed by atoms with van der Waals surface area (Å²) in [6, 6.07) is 0. The molecule has 0 heterocycles. The van der Waals surface area contributed by atoms with Crippen molar-refractivity contribution in [1.29, 1.82) is 0 Å². The molecule has 0 aromatic heterocycles. The summed E-state index contributed by atoms with van der Waals surface area (Å²) in [5.74, 6) is 0. The van der Waals surface area contributed by atoms with Crippen LogP contribution in [-0.2, 0) is 9.53 Å². The molecule has 0 aliphatic heterocycles. The Hall–Kier alpha value is -0.410. The SMILES string of the molecule is CCCCC(C=O)(CO)COC. The number of ether oxygens (including phenoxy) is 1. The minimum atomic E-state index is -0.662. The second-order valence-electron chi connectivity index (χ2n) is 3.17. The largest absolute Gasteiger partial charge is 0.395 e. The van der Waals surface area contributed by atoms with E-state index in [0.29, 0.717) is 13.0 Å². The number of hydrogen-bond acceptors (Lipinski definition) is 3. The van der Waals surface area contributed by atoms with Gasteiger partial charge in [0.05, 0.1) is 18.6 Å². The first kappa shape index (κ1) is 11.6. The molecule has 1 unspecified atom stereocenters. The van der Waals surface area contributed by atoms with Crippen LogP contribution in [0.25, 0.3) is 0 Å². The number of hydrogen-bond donors (Lipinski definition) is 1. The summed E-state index contributed by atoms with van der Waals surface area (Å²) in [5.41, 5.74) is -0.662. The number of aliphatic hydroxyl groups excluding tert-OH is 1. The normalized spacial score (nSPS) is 15.6. The number of rotatable bonds is 7. The smallest absolute Gasteiger partial charge is 0.130 e. The van der Waals surface area contributed by atoms with Crippen LogP contribution in [0, 0.1) is 5.41 Å². The Morgan fingerprint density at radius 3 is 2.58 bits per heavy atom. The van der Waals surface area contributed by atoms with Crippen LogP contribution in [0.2, 0.25) is 0 Å². The standard InChI is InChI=1S/C9H18O3/c1-3-4-5-9(6-10,7-11)8-12-2/h6,11H,3-5,7-8H2,1-2H3. The van der Waals surface area contributed by atoms with Crippen molar-refractivity contribution in [2.45, 2.75) is 26.2 Å². The monoisotopic (exact) mass is 174 g/mol. The van der Waals surface area contributed by atoms with E-state index in [1.54, 1.807) is 7.11 Å². The van der Waals surface area contributed by atoms with Crippen molar-refractivity contribution in [3.63, 3.8) is 0 Å². The zero-order valence-electron chi connectivity index (χ0n) is 7.88. The van der Waals surface area contributed by atoms with Crippen LogP contribution in [0.3, 0.4) is 0 Å². The summed E-state index contributed by atoms with van der Waals surface area (Å²) < 4.78 is 4.89. The molecule has 0 rings (SSSR count). The first-order valence-corrected chi connectivity index (χ1v) is 4.31. The lowest BCUT2D eigenvalue weighted by molar-refractivity contribution is -0.122. The third-order valence-corrected chi connectivity index (χ3v) is 2.02. The van der Waals surface area contributed by atoms with Crippen molar-refractivity contribution in [3.05, 3.63) is 0 Å². The highest BCUT2D eigenvalue weighted by molar-refractivity contribution is 5.59. The summed E-state index contributed by atoms with van der Waals surface area (Å²) in [4.78, 5) is 10.7. The summed E-state index contributed by atoms with van der Waals surface area (Å²) in [6.45, 7) is 2.25. The van der Waals surface area contributed by atoms with Crippen LogP contribution < -0.4 is 0 Å². The van der Waals surface area contributed by atoms with Gasteiger partial charge in [0.15, 0.2) is 0 Å².